The van der Waals surface area contributed by atoms with Crippen molar-refractivity contribution < 1.29 is 0 Å². The van der Waals surface area contributed by atoms with Crippen molar-refractivity contribution >= 4 is 0 Å². The Bertz CT molecular complexity index is 425. The van der Waals surface area contributed by atoms with Crippen LogP contribution in [0.15, 0.2) is 24.3 Å². The lowest BCUT2D eigenvalue weighted by atomic mass is 9.79. The molecular formula is C29H56. The summed E-state index contributed by atoms with van der Waals surface area (Å²) in [7, 11) is 0. The molecule has 3 rings (SSSR count). The van der Waals surface area contributed by atoms with E-state index in [0.29, 0.717) is 0 Å². The van der Waals surface area contributed by atoms with Crippen LogP contribution >= 0.6 is 0 Å². The average molecular weight is 405 g/mol. The second kappa shape index (κ2) is 21.9. The number of unbranched alkanes of at least 4 members (excludes halogenated alkanes) is 2. The van der Waals surface area contributed by atoms with E-state index in [4.69, 9.17) is 0 Å². The zero-order valence-corrected chi connectivity index (χ0v) is 21.8. The Morgan fingerprint density at radius 3 is 1.66 bits per heavy atom. The molecule has 2 fully saturated rings. The Morgan fingerprint density at radius 2 is 1.24 bits per heavy atom. The van der Waals surface area contributed by atoms with Crippen LogP contribution in [0.4, 0.5) is 0 Å². The van der Waals surface area contributed by atoms with Gasteiger partial charge in [0.25, 0.3) is 0 Å². The topological polar surface area (TPSA) is 0 Å². The lowest BCUT2D eigenvalue weighted by Crippen LogP contribution is -2.16. The van der Waals surface area contributed by atoms with Gasteiger partial charge in [0.15, 0.2) is 0 Å². The molecule has 0 heterocycles. The normalized spacial score (nSPS) is 21.1. The molecule has 2 aliphatic rings. The van der Waals surface area contributed by atoms with Gasteiger partial charge in [0.1, 0.15) is 0 Å². The highest BCUT2D eigenvalue weighted by Crippen LogP contribution is 2.46. The highest BCUT2D eigenvalue weighted by Gasteiger charge is 2.34. The fourth-order valence-corrected chi connectivity index (χ4v) is 4.03. The number of rotatable bonds is 4. The van der Waals surface area contributed by atoms with Gasteiger partial charge in [-0.15, -0.1) is 0 Å². The Balaban J connectivity index is 0. The molecule has 0 radical (unpaired) electrons. The Labute approximate surface area is 186 Å². The van der Waals surface area contributed by atoms with Crippen molar-refractivity contribution in [2.24, 2.45) is 17.8 Å². The minimum absolute atomic E-state index is 1.11. The molecule has 0 N–H and O–H groups in total. The van der Waals surface area contributed by atoms with Gasteiger partial charge < -0.3 is 0 Å². The first-order chi connectivity index (χ1) is 14.1. The predicted octanol–water partition coefficient (Wildman–Crippen LogP) is 10.4. The molecule has 0 saturated heterocycles. The molecule has 0 spiro atoms. The molecule has 29 heavy (non-hydrogen) atoms. The third-order valence-corrected chi connectivity index (χ3v) is 6.36. The summed E-state index contributed by atoms with van der Waals surface area (Å²) in [6.07, 6.45) is 15.7. The summed E-state index contributed by atoms with van der Waals surface area (Å²) in [5, 5.41) is 0. The fourth-order valence-electron chi connectivity index (χ4n) is 4.03. The molecule has 2 bridgehead atoms. The Kier molecular flexibility index (Phi) is 23.0. The van der Waals surface area contributed by atoms with Gasteiger partial charge in [-0.05, 0) is 61.5 Å². The van der Waals surface area contributed by atoms with E-state index in [-0.39, 0.29) is 0 Å². The zero-order chi connectivity index (χ0) is 22.5. The number of fused-ring (bicyclic) bond motifs is 2. The summed E-state index contributed by atoms with van der Waals surface area (Å²) < 4.78 is 0. The largest absolute Gasteiger partial charge is 0.0683 e. The smallest absolute Gasteiger partial charge is 0.0305 e. The lowest BCUT2D eigenvalue weighted by Gasteiger charge is -2.27. The molecule has 0 aromatic heterocycles. The molecule has 0 nitrogen and oxygen atoms in total. The number of hydrogen-bond acceptors (Lipinski definition) is 0. The van der Waals surface area contributed by atoms with Crippen molar-refractivity contribution in [1.82, 2.24) is 0 Å². The second-order valence-corrected chi connectivity index (χ2v) is 8.46. The summed E-state index contributed by atoms with van der Waals surface area (Å²) in [5.74, 6) is 3.40. The first-order valence-electron chi connectivity index (χ1n) is 13.1. The maximum Gasteiger partial charge on any atom is -0.0305 e. The van der Waals surface area contributed by atoms with E-state index in [1.54, 1.807) is 32.1 Å². The summed E-state index contributed by atoms with van der Waals surface area (Å²) in [4.78, 5) is 0. The van der Waals surface area contributed by atoms with Crippen LogP contribution in [0.3, 0.4) is 0 Å². The van der Waals surface area contributed by atoms with Crippen molar-refractivity contribution in [2.75, 3.05) is 0 Å². The summed E-state index contributed by atoms with van der Waals surface area (Å²) >= 11 is 0. The molecular weight excluding hydrogens is 348 g/mol. The van der Waals surface area contributed by atoms with Crippen LogP contribution in [0.1, 0.15) is 131 Å². The van der Waals surface area contributed by atoms with Crippen molar-refractivity contribution in [2.45, 2.75) is 133 Å². The van der Waals surface area contributed by atoms with Crippen molar-refractivity contribution in [3.8, 4) is 0 Å². The van der Waals surface area contributed by atoms with E-state index in [0.717, 1.165) is 24.2 Å². The first-order valence-corrected chi connectivity index (χ1v) is 13.1. The van der Waals surface area contributed by atoms with E-state index < -0.39 is 0 Å². The minimum atomic E-state index is 1.11. The molecule has 0 heteroatoms. The van der Waals surface area contributed by atoms with Gasteiger partial charge in [-0.25, -0.2) is 0 Å². The van der Waals surface area contributed by atoms with Gasteiger partial charge in [-0.1, -0.05) is 125 Å². The number of hydrogen-bond donors (Lipinski definition) is 0. The molecule has 0 amide bonds. The Hall–Kier alpha value is -0.780. The summed E-state index contributed by atoms with van der Waals surface area (Å²) in [6, 6.07) is 8.49. The predicted molar refractivity (Wildman–Crippen MR) is 137 cm³/mol. The quantitative estimate of drug-likeness (QED) is 0.468. The molecule has 2 aliphatic carbocycles. The van der Waals surface area contributed by atoms with Gasteiger partial charge in [-0.2, -0.15) is 0 Å². The summed E-state index contributed by atoms with van der Waals surface area (Å²) in [6.45, 7) is 19.4. The Morgan fingerprint density at radius 1 is 0.724 bits per heavy atom. The number of aryl methyl sites for hydroxylation is 2. The molecule has 1 aromatic carbocycles. The molecule has 172 valence electrons. The van der Waals surface area contributed by atoms with Crippen LogP contribution in [0.5, 0.6) is 0 Å². The molecule has 1 aromatic rings. The first kappa shape index (κ1) is 30.4. The van der Waals surface area contributed by atoms with Crippen LogP contribution in [0.25, 0.3) is 0 Å². The monoisotopic (exact) mass is 404 g/mol. The van der Waals surface area contributed by atoms with Crippen LogP contribution in [-0.2, 0) is 6.42 Å². The van der Waals surface area contributed by atoms with E-state index >= 15 is 0 Å². The highest BCUT2D eigenvalue weighted by molar-refractivity contribution is 5.25. The van der Waals surface area contributed by atoms with Crippen molar-refractivity contribution in [3.05, 3.63) is 35.4 Å². The van der Waals surface area contributed by atoms with Gasteiger partial charge in [0.2, 0.25) is 0 Å². The number of benzene rings is 1. The molecule has 0 aliphatic heterocycles. The van der Waals surface area contributed by atoms with Crippen molar-refractivity contribution in [3.63, 3.8) is 0 Å². The zero-order valence-electron chi connectivity index (χ0n) is 21.8. The third kappa shape index (κ3) is 14.8. The molecule has 3 atom stereocenters. The van der Waals surface area contributed by atoms with E-state index in [1.165, 1.54) is 43.2 Å². The van der Waals surface area contributed by atoms with Gasteiger partial charge in [-0.3, -0.25) is 0 Å². The SMILES string of the molecule is CC.CCC1CCC2CCC1C2.CCCC.CCCC.CCc1ccccc1C. The maximum atomic E-state index is 2.36. The van der Waals surface area contributed by atoms with Gasteiger partial charge in [0.05, 0.1) is 0 Å². The maximum absolute atomic E-state index is 2.36. The van der Waals surface area contributed by atoms with Gasteiger partial charge >= 0.3 is 0 Å². The van der Waals surface area contributed by atoms with Crippen LogP contribution < -0.4 is 0 Å². The van der Waals surface area contributed by atoms with E-state index in [2.05, 4.69) is 72.7 Å². The van der Waals surface area contributed by atoms with E-state index in [9.17, 15) is 0 Å². The standard InChI is InChI=1S/C10H18.C9H12.2C4H10.C2H6/c1-2-9-5-3-8-4-6-10(9)7-8;1-3-9-7-5-4-6-8(9)2;2*1-3-4-2;1-2/h8-10H,2-7H2,1H3;4-7H,3H2,1-2H3;2*3-4H2,1-2H3;1-2H3. The van der Waals surface area contributed by atoms with Crippen LogP contribution in [0.2, 0.25) is 0 Å². The lowest BCUT2D eigenvalue weighted by molar-refractivity contribution is 0.240. The second-order valence-electron chi connectivity index (χ2n) is 8.46. The van der Waals surface area contributed by atoms with Gasteiger partial charge in [0, 0.05) is 0 Å². The van der Waals surface area contributed by atoms with E-state index in [1.807, 2.05) is 13.8 Å². The molecule has 2 saturated carbocycles. The van der Waals surface area contributed by atoms with Crippen LogP contribution in [0, 0.1) is 24.7 Å². The minimum Gasteiger partial charge on any atom is -0.0683 e. The third-order valence-electron chi connectivity index (χ3n) is 6.36. The molecule has 3 unspecified atom stereocenters. The average Bonchev–Trinajstić information content (AvgIpc) is 3.17. The van der Waals surface area contributed by atoms with Crippen molar-refractivity contribution in [1.29, 1.82) is 0 Å². The fraction of sp³-hybridized carbons (Fsp3) is 0.793. The van der Waals surface area contributed by atoms with Crippen LogP contribution in [-0.4, -0.2) is 0 Å². The highest BCUT2D eigenvalue weighted by atomic mass is 14.4. The summed E-state index contributed by atoms with van der Waals surface area (Å²) in [5.41, 5.74) is 2.86.